The molecule has 1 aliphatic heterocycles. The van der Waals surface area contributed by atoms with E-state index in [2.05, 4.69) is 9.88 Å². The fourth-order valence-electron chi connectivity index (χ4n) is 3.74. The Morgan fingerprint density at radius 3 is 2.74 bits per heavy atom. The van der Waals surface area contributed by atoms with Gasteiger partial charge in [-0.05, 0) is 44.2 Å². The lowest BCUT2D eigenvalue weighted by Crippen LogP contribution is -2.58. The standard InChI is InChI=1S/C17H22F2N2O2/c1-16(18,19)14-5-2-4-13(20-14)11-21-10-12(15(22)23)6-9-17(21)7-3-8-17/h2,4-5,12H,3,6-11H2,1H3,(H,22,23). The van der Waals surface area contributed by atoms with Crippen molar-refractivity contribution < 1.29 is 18.7 Å². The zero-order chi connectivity index (χ0) is 16.7. The van der Waals surface area contributed by atoms with Gasteiger partial charge in [-0.2, -0.15) is 8.78 Å². The number of halogens is 2. The number of hydrogen-bond acceptors (Lipinski definition) is 3. The maximum atomic E-state index is 13.5. The lowest BCUT2D eigenvalue weighted by molar-refractivity contribution is -0.147. The van der Waals surface area contributed by atoms with Gasteiger partial charge in [0.25, 0.3) is 5.92 Å². The molecule has 0 amide bonds. The number of carboxylic acids is 1. The third-order valence-electron chi connectivity index (χ3n) is 5.31. The Bertz CT molecular complexity index is 597. The van der Waals surface area contributed by atoms with Crippen molar-refractivity contribution in [2.45, 2.75) is 57.0 Å². The average Bonchev–Trinajstić information content (AvgIpc) is 2.45. The van der Waals surface area contributed by atoms with Crippen molar-refractivity contribution in [3.8, 4) is 0 Å². The van der Waals surface area contributed by atoms with Crippen LogP contribution in [0.2, 0.25) is 0 Å². The molecule has 2 heterocycles. The predicted molar refractivity (Wildman–Crippen MR) is 81.2 cm³/mol. The maximum absolute atomic E-state index is 13.5. The van der Waals surface area contributed by atoms with Crippen molar-refractivity contribution in [3.63, 3.8) is 0 Å². The fraction of sp³-hybridized carbons (Fsp3) is 0.647. The van der Waals surface area contributed by atoms with Crippen molar-refractivity contribution in [2.75, 3.05) is 6.54 Å². The van der Waals surface area contributed by atoms with E-state index >= 15 is 0 Å². The van der Waals surface area contributed by atoms with Crippen LogP contribution < -0.4 is 0 Å². The Kier molecular flexibility index (Phi) is 4.12. The van der Waals surface area contributed by atoms with Crippen molar-refractivity contribution in [1.29, 1.82) is 0 Å². The van der Waals surface area contributed by atoms with Gasteiger partial charge in [0.1, 0.15) is 5.69 Å². The number of likely N-dealkylation sites (tertiary alicyclic amines) is 1. The number of carboxylic acid groups (broad SMARTS) is 1. The van der Waals surface area contributed by atoms with Gasteiger partial charge in [-0.1, -0.05) is 6.07 Å². The third kappa shape index (κ3) is 3.22. The second kappa shape index (κ2) is 5.82. The lowest BCUT2D eigenvalue weighted by Gasteiger charge is -2.54. The minimum atomic E-state index is -2.96. The van der Waals surface area contributed by atoms with E-state index in [-0.39, 0.29) is 17.2 Å². The molecule has 3 rings (SSSR count). The molecule has 1 atom stereocenters. The van der Waals surface area contributed by atoms with Gasteiger partial charge in [0.05, 0.1) is 11.6 Å². The molecule has 2 fully saturated rings. The molecular formula is C17H22F2N2O2. The molecule has 126 valence electrons. The quantitative estimate of drug-likeness (QED) is 0.922. The number of aliphatic carboxylic acids is 1. The summed E-state index contributed by atoms with van der Waals surface area (Å²) in [5, 5.41) is 9.29. The van der Waals surface area contributed by atoms with Crippen LogP contribution in [0.5, 0.6) is 0 Å². The molecule has 1 N–H and O–H groups in total. The molecule has 1 aliphatic carbocycles. The Morgan fingerprint density at radius 1 is 1.43 bits per heavy atom. The van der Waals surface area contributed by atoms with E-state index in [1.54, 1.807) is 12.1 Å². The average molecular weight is 324 g/mol. The first kappa shape index (κ1) is 16.3. The van der Waals surface area contributed by atoms with Crippen LogP contribution in [-0.2, 0) is 17.3 Å². The van der Waals surface area contributed by atoms with Gasteiger partial charge in [-0.25, -0.2) is 0 Å². The number of aromatic nitrogens is 1. The first-order valence-corrected chi connectivity index (χ1v) is 8.12. The Morgan fingerprint density at radius 2 is 2.17 bits per heavy atom. The summed E-state index contributed by atoms with van der Waals surface area (Å²) in [4.78, 5) is 17.6. The summed E-state index contributed by atoms with van der Waals surface area (Å²) in [5.74, 6) is -4.11. The van der Waals surface area contributed by atoms with E-state index < -0.39 is 11.9 Å². The van der Waals surface area contributed by atoms with Crippen LogP contribution in [0.25, 0.3) is 0 Å². The van der Waals surface area contributed by atoms with E-state index in [4.69, 9.17) is 0 Å². The summed E-state index contributed by atoms with van der Waals surface area (Å²) in [6.07, 6.45) is 4.83. The van der Waals surface area contributed by atoms with Crippen molar-refractivity contribution >= 4 is 5.97 Å². The van der Waals surface area contributed by atoms with Gasteiger partial charge in [-0.15, -0.1) is 0 Å². The SMILES string of the molecule is CC(F)(F)c1cccc(CN2CC(C(=O)O)CCC23CCC3)n1. The summed E-state index contributed by atoms with van der Waals surface area (Å²) < 4.78 is 26.9. The first-order chi connectivity index (χ1) is 10.8. The molecule has 0 aromatic carbocycles. The predicted octanol–water partition coefficient (Wildman–Crippen LogP) is 3.41. The summed E-state index contributed by atoms with van der Waals surface area (Å²) in [5.41, 5.74) is 0.407. The zero-order valence-corrected chi connectivity index (χ0v) is 13.3. The van der Waals surface area contributed by atoms with Gasteiger partial charge < -0.3 is 5.11 Å². The number of pyridine rings is 1. The Hall–Kier alpha value is -1.56. The second-order valence-corrected chi connectivity index (χ2v) is 6.93. The number of piperidine rings is 1. The molecule has 23 heavy (non-hydrogen) atoms. The number of hydrogen-bond donors (Lipinski definition) is 1. The van der Waals surface area contributed by atoms with E-state index in [1.165, 1.54) is 6.07 Å². The lowest BCUT2D eigenvalue weighted by atomic mass is 9.68. The van der Waals surface area contributed by atoms with Crippen LogP contribution in [-0.4, -0.2) is 33.0 Å². The fourth-order valence-corrected chi connectivity index (χ4v) is 3.74. The summed E-state index contributed by atoms with van der Waals surface area (Å²) in [6.45, 7) is 1.76. The molecule has 6 heteroatoms. The number of nitrogens with zero attached hydrogens (tertiary/aromatic N) is 2. The molecular weight excluding hydrogens is 302 g/mol. The molecule has 2 aliphatic rings. The van der Waals surface area contributed by atoms with Gasteiger partial charge in [0.2, 0.25) is 0 Å². The molecule has 1 spiro atoms. The van der Waals surface area contributed by atoms with Crippen LogP contribution in [0.1, 0.15) is 50.4 Å². The number of rotatable bonds is 4. The molecule has 0 radical (unpaired) electrons. The molecule has 0 bridgehead atoms. The van der Waals surface area contributed by atoms with Crippen LogP contribution in [0.15, 0.2) is 18.2 Å². The Balaban J connectivity index is 1.80. The third-order valence-corrected chi connectivity index (χ3v) is 5.31. The molecule has 4 nitrogen and oxygen atoms in total. The number of alkyl halides is 2. The summed E-state index contributed by atoms with van der Waals surface area (Å²) in [6, 6.07) is 4.67. The van der Waals surface area contributed by atoms with E-state index in [0.717, 1.165) is 32.6 Å². The maximum Gasteiger partial charge on any atom is 0.307 e. The highest BCUT2D eigenvalue weighted by atomic mass is 19.3. The minimum absolute atomic E-state index is 0.0539. The van der Waals surface area contributed by atoms with E-state index in [1.807, 2.05) is 0 Å². The van der Waals surface area contributed by atoms with E-state index in [9.17, 15) is 18.7 Å². The van der Waals surface area contributed by atoms with Crippen LogP contribution >= 0.6 is 0 Å². The Labute approximate surface area is 134 Å². The summed E-state index contributed by atoms with van der Waals surface area (Å²) in [7, 11) is 0. The smallest absolute Gasteiger partial charge is 0.307 e. The topological polar surface area (TPSA) is 53.4 Å². The van der Waals surface area contributed by atoms with Gasteiger partial charge >= 0.3 is 5.97 Å². The zero-order valence-electron chi connectivity index (χ0n) is 13.3. The highest BCUT2D eigenvalue weighted by molar-refractivity contribution is 5.70. The highest BCUT2D eigenvalue weighted by Crippen LogP contribution is 2.46. The van der Waals surface area contributed by atoms with Gasteiger partial charge in [-0.3, -0.25) is 14.7 Å². The normalized spacial score (nSPS) is 24.4. The first-order valence-electron chi connectivity index (χ1n) is 8.12. The van der Waals surface area contributed by atoms with Gasteiger partial charge in [0, 0.05) is 25.6 Å². The van der Waals surface area contributed by atoms with Crippen molar-refractivity contribution in [3.05, 3.63) is 29.6 Å². The van der Waals surface area contributed by atoms with E-state index in [0.29, 0.717) is 25.2 Å². The molecule has 1 unspecified atom stereocenters. The van der Waals surface area contributed by atoms with Crippen LogP contribution in [0.3, 0.4) is 0 Å². The monoisotopic (exact) mass is 324 g/mol. The van der Waals surface area contributed by atoms with Crippen molar-refractivity contribution in [2.24, 2.45) is 5.92 Å². The molecule has 1 saturated carbocycles. The largest absolute Gasteiger partial charge is 0.481 e. The molecule has 1 aromatic rings. The molecule has 1 aromatic heterocycles. The van der Waals surface area contributed by atoms with Crippen LogP contribution in [0, 0.1) is 5.92 Å². The number of carbonyl (C=O) groups is 1. The van der Waals surface area contributed by atoms with Gasteiger partial charge in [0.15, 0.2) is 0 Å². The minimum Gasteiger partial charge on any atom is -0.481 e. The summed E-state index contributed by atoms with van der Waals surface area (Å²) >= 11 is 0. The van der Waals surface area contributed by atoms with Crippen LogP contribution in [0.4, 0.5) is 8.78 Å². The highest BCUT2D eigenvalue weighted by Gasteiger charge is 2.47. The van der Waals surface area contributed by atoms with Crippen molar-refractivity contribution in [1.82, 2.24) is 9.88 Å². The molecule has 1 saturated heterocycles. The second-order valence-electron chi connectivity index (χ2n) is 6.93.